The highest BCUT2D eigenvalue weighted by Gasteiger charge is 2.23. The number of carbonyl (C=O) groups is 2. The lowest BCUT2D eigenvalue weighted by atomic mass is 10.1. The zero-order chi connectivity index (χ0) is 15.5. The van der Waals surface area contributed by atoms with Crippen molar-refractivity contribution >= 4 is 18.1 Å². The van der Waals surface area contributed by atoms with Crippen molar-refractivity contribution in [1.29, 1.82) is 0 Å². The lowest BCUT2D eigenvalue weighted by Gasteiger charge is -2.19. The molecule has 0 aliphatic heterocycles. The first kappa shape index (κ1) is 18.5. The molecule has 0 rings (SSSR count). The largest absolute Gasteiger partial charge is 0.394 e. The third-order valence-corrected chi connectivity index (χ3v) is 2.66. The topological polar surface area (TPSA) is 148 Å². The average molecular weight is 287 g/mol. The van der Waals surface area contributed by atoms with E-state index in [1.807, 2.05) is 0 Å². The molecule has 0 aromatic carbocycles. The maximum absolute atomic E-state index is 11.7. The van der Waals surface area contributed by atoms with Crippen molar-refractivity contribution < 1.29 is 19.5 Å². The van der Waals surface area contributed by atoms with Crippen LogP contribution in [0.1, 0.15) is 26.2 Å². The van der Waals surface area contributed by atoms with Crippen LogP contribution in [0.2, 0.25) is 0 Å². The monoisotopic (exact) mass is 287 g/mol. The van der Waals surface area contributed by atoms with Gasteiger partial charge in [-0.2, -0.15) is 0 Å². The fourth-order valence-corrected chi connectivity index (χ4v) is 1.46. The molecule has 0 saturated heterocycles. The quantitative estimate of drug-likeness (QED) is 0.281. The van der Waals surface area contributed by atoms with Gasteiger partial charge in [-0.05, 0) is 26.3 Å². The number of hydrogen-bond donors (Lipinski definition) is 5. The lowest BCUT2D eigenvalue weighted by molar-refractivity contribution is -0.130. The van der Waals surface area contributed by atoms with Gasteiger partial charge in [-0.15, -0.1) is 0 Å². The summed E-state index contributed by atoms with van der Waals surface area (Å²) in [5.74, 6) is -1.19. The van der Waals surface area contributed by atoms with E-state index in [2.05, 4.69) is 10.6 Å². The Morgan fingerprint density at radius 1 is 1.25 bits per heavy atom. The zero-order valence-corrected chi connectivity index (χ0v) is 11.6. The van der Waals surface area contributed by atoms with Crippen molar-refractivity contribution in [2.75, 3.05) is 13.2 Å². The molecule has 8 nitrogen and oxygen atoms in total. The van der Waals surface area contributed by atoms with E-state index in [0.29, 0.717) is 19.4 Å². The molecule has 8 heteroatoms. The fourth-order valence-electron chi connectivity index (χ4n) is 1.46. The number of nitrogens with one attached hydrogen (secondary N) is 2. The third-order valence-electron chi connectivity index (χ3n) is 2.66. The van der Waals surface area contributed by atoms with Crippen LogP contribution in [0, 0.1) is 0 Å². The second-order valence-electron chi connectivity index (χ2n) is 4.48. The Labute approximate surface area is 118 Å². The fraction of sp³-hybridized carbons (Fsp3) is 0.750. The van der Waals surface area contributed by atoms with Crippen LogP contribution in [0.25, 0.3) is 0 Å². The minimum Gasteiger partial charge on any atom is -0.394 e. The Morgan fingerprint density at radius 3 is 2.40 bits per heavy atom. The number of aliphatic hydroxyl groups is 1. The number of amides is 2. The molecule has 0 heterocycles. The van der Waals surface area contributed by atoms with Crippen LogP contribution in [0.4, 0.5) is 0 Å². The van der Waals surface area contributed by atoms with Crippen LogP contribution in [0.15, 0.2) is 0 Å². The molecule has 2 amide bonds. The van der Waals surface area contributed by atoms with E-state index >= 15 is 0 Å². The van der Waals surface area contributed by atoms with Gasteiger partial charge in [0.1, 0.15) is 6.04 Å². The summed E-state index contributed by atoms with van der Waals surface area (Å²) < 4.78 is 0. The number of unbranched alkanes of at least 4 members (excludes halogenated alkanes) is 1. The van der Waals surface area contributed by atoms with Crippen molar-refractivity contribution in [3.63, 3.8) is 0 Å². The number of aliphatic hydroxyl groups excluding tert-OH is 1. The Kier molecular flexibility index (Phi) is 9.52. The second kappa shape index (κ2) is 10.3. The predicted molar refractivity (Wildman–Crippen MR) is 73.2 cm³/mol. The van der Waals surface area contributed by atoms with Crippen molar-refractivity contribution in [3.8, 4) is 0 Å². The molecule has 0 aromatic rings. The summed E-state index contributed by atoms with van der Waals surface area (Å²) in [6, 6.07) is -2.72. The SMILES string of the molecule is C[C@@H]([C]=O)NC(=O)[C@H](CO)NC(=O)[C@@H](N)CCCCN. The van der Waals surface area contributed by atoms with Gasteiger partial charge in [0.05, 0.1) is 18.7 Å². The van der Waals surface area contributed by atoms with Gasteiger partial charge < -0.3 is 27.2 Å². The summed E-state index contributed by atoms with van der Waals surface area (Å²) in [4.78, 5) is 33.7. The summed E-state index contributed by atoms with van der Waals surface area (Å²) >= 11 is 0. The molecular weight excluding hydrogens is 264 g/mol. The number of carbonyl (C=O) groups excluding carboxylic acids is 3. The van der Waals surface area contributed by atoms with Gasteiger partial charge in [-0.1, -0.05) is 6.42 Å². The van der Waals surface area contributed by atoms with Gasteiger partial charge >= 0.3 is 0 Å². The van der Waals surface area contributed by atoms with Crippen LogP contribution >= 0.6 is 0 Å². The molecule has 0 spiro atoms. The molecule has 3 atom stereocenters. The lowest BCUT2D eigenvalue weighted by Crippen LogP contribution is -2.54. The molecule has 0 aliphatic carbocycles. The summed E-state index contributed by atoms with van der Waals surface area (Å²) in [5, 5.41) is 13.7. The van der Waals surface area contributed by atoms with Crippen LogP contribution < -0.4 is 22.1 Å². The van der Waals surface area contributed by atoms with Crippen molar-refractivity contribution in [2.24, 2.45) is 11.5 Å². The van der Waals surface area contributed by atoms with Crippen LogP contribution in [-0.4, -0.2) is 54.5 Å². The van der Waals surface area contributed by atoms with Gasteiger partial charge in [-0.25, -0.2) is 0 Å². The minimum atomic E-state index is -1.14. The molecule has 0 aliphatic rings. The van der Waals surface area contributed by atoms with Crippen LogP contribution in [0.3, 0.4) is 0 Å². The highest BCUT2D eigenvalue weighted by molar-refractivity contribution is 5.90. The third kappa shape index (κ3) is 7.17. The van der Waals surface area contributed by atoms with E-state index < -0.39 is 36.5 Å². The van der Waals surface area contributed by atoms with E-state index in [4.69, 9.17) is 16.6 Å². The zero-order valence-electron chi connectivity index (χ0n) is 11.6. The molecule has 7 N–H and O–H groups in total. The summed E-state index contributed by atoms with van der Waals surface area (Å²) in [6.07, 6.45) is 3.49. The van der Waals surface area contributed by atoms with Crippen molar-refractivity contribution in [1.82, 2.24) is 10.6 Å². The Morgan fingerprint density at radius 2 is 1.90 bits per heavy atom. The first-order valence-electron chi connectivity index (χ1n) is 6.51. The smallest absolute Gasteiger partial charge is 0.245 e. The number of nitrogens with two attached hydrogens (primary N) is 2. The predicted octanol–water partition coefficient (Wildman–Crippen LogP) is -2.47. The van der Waals surface area contributed by atoms with E-state index in [1.165, 1.54) is 6.92 Å². The maximum atomic E-state index is 11.7. The number of rotatable bonds is 10. The van der Waals surface area contributed by atoms with E-state index in [9.17, 15) is 14.4 Å². The van der Waals surface area contributed by atoms with Gasteiger partial charge in [0.15, 0.2) is 0 Å². The Hall–Kier alpha value is -1.51. The Balaban J connectivity index is 4.29. The summed E-state index contributed by atoms with van der Waals surface area (Å²) in [7, 11) is 0. The molecular formula is C12H23N4O4. The highest BCUT2D eigenvalue weighted by Crippen LogP contribution is 1.98. The van der Waals surface area contributed by atoms with Crippen LogP contribution in [-0.2, 0) is 14.4 Å². The van der Waals surface area contributed by atoms with Crippen molar-refractivity contribution in [3.05, 3.63) is 0 Å². The Bertz CT molecular complexity index is 325. The maximum Gasteiger partial charge on any atom is 0.245 e. The molecule has 0 aromatic heterocycles. The molecule has 0 saturated carbocycles. The van der Waals surface area contributed by atoms with Crippen LogP contribution in [0.5, 0.6) is 0 Å². The normalized spacial score (nSPS) is 15.0. The summed E-state index contributed by atoms with van der Waals surface area (Å²) in [5.41, 5.74) is 11.0. The molecule has 0 fully saturated rings. The van der Waals surface area contributed by atoms with Gasteiger partial charge in [0.25, 0.3) is 0 Å². The standard InChI is InChI=1S/C12H23N4O4/c1-8(6-17)15-12(20)10(7-18)16-11(19)9(14)4-2-3-5-13/h8-10,18H,2-5,7,13-14H2,1H3,(H,15,20)(H,16,19)/t8-,9-,10-/m0/s1. The van der Waals surface area contributed by atoms with Gasteiger partial charge in [-0.3, -0.25) is 14.4 Å². The van der Waals surface area contributed by atoms with Gasteiger partial charge in [0.2, 0.25) is 18.1 Å². The molecule has 1 radical (unpaired) electrons. The molecule has 20 heavy (non-hydrogen) atoms. The first-order chi connectivity index (χ1) is 9.46. The van der Waals surface area contributed by atoms with E-state index in [1.54, 1.807) is 6.29 Å². The number of hydrogen-bond acceptors (Lipinski definition) is 6. The molecule has 0 bridgehead atoms. The summed E-state index contributed by atoms with van der Waals surface area (Å²) in [6.45, 7) is 1.37. The molecule has 0 unspecified atom stereocenters. The average Bonchev–Trinajstić information content (AvgIpc) is 2.43. The van der Waals surface area contributed by atoms with E-state index in [0.717, 1.165) is 6.42 Å². The molecule has 115 valence electrons. The van der Waals surface area contributed by atoms with E-state index in [-0.39, 0.29) is 0 Å². The van der Waals surface area contributed by atoms with Crippen molar-refractivity contribution in [2.45, 2.75) is 44.3 Å². The first-order valence-corrected chi connectivity index (χ1v) is 6.51. The highest BCUT2D eigenvalue weighted by atomic mass is 16.3. The minimum absolute atomic E-state index is 0.446. The van der Waals surface area contributed by atoms with Gasteiger partial charge in [0, 0.05) is 0 Å². The second-order valence-corrected chi connectivity index (χ2v) is 4.48.